The second kappa shape index (κ2) is 4.31. The fourth-order valence-corrected chi connectivity index (χ4v) is 1.05. The summed E-state index contributed by atoms with van der Waals surface area (Å²) >= 11 is 0. The van der Waals surface area contributed by atoms with Gasteiger partial charge in [-0.1, -0.05) is 0 Å². The molecule has 0 unspecified atom stereocenters. The molecule has 74 valence electrons. The number of morpholine rings is 1. The van der Waals surface area contributed by atoms with E-state index >= 15 is 0 Å². The Morgan fingerprint density at radius 3 is 2.31 bits per heavy atom. The van der Waals surface area contributed by atoms with Gasteiger partial charge in [-0.3, -0.25) is 14.5 Å². The maximum Gasteiger partial charge on any atom is 0.255 e. The van der Waals surface area contributed by atoms with Crippen molar-refractivity contribution in [2.24, 2.45) is 11.5 Å². The molecular formula is C7H13N3O3. The molecule has 0 radical (unpaired) electrons. The van der Waals surface area contributed by atoms with E-state index in [1.54, 1.807) is 0 Å². The van der Waals surface area contributed by atoms with Crippen molar-refractivity contribution >= 4 is 11.8 Å². The molecule has 0 bridgehead atoms. The Balaban J connectivity index is 2.44. The van der Waals surface area contributed by atoms with Gasteiger partial charge in [-0.15, -0.1) is 0 Å². The lowest BCUT2D eigenvalue weighted by Gasteiger charge is -2.25. The van der Waals surface area contributed by atoms with Crippen molar-refractivity contribution < 1.29 is 14.3 Å². The van der Waals surface area contributed by atoms with Crippen LogP contribution in [-0.4, -0.2) is 42.6 Å². The molecule has 2 amide bonds. The van der Waals surface area contributed by atoms with Crippen molar-refractivity contribution in [3.63, 3.8) is 0 Å². The number of hydrogen-bond donors (Lipinski definition) is 2. The quantitative estimate of drug-likeness (QED) is 0.393. The lowest BCUT2D eigenvalue weighted by molar-refractivity contribution is -0.158. The Hall–Kier alpha value is -0.980. The fraction of sp³-hybridized carbons (Fsp3) is 0.714. The van der Waals surface area contributed by atoms with Crippen molar-refractivity contribution in [2.75, 3.05) is 19.8 Å². The zero-order valence-corrected chi connectivity index (χ0v) is 7.23. The number of imide groups is 1. The topological polar surface area (TPSA) is 98.7 Å². The van der Waals surface area contributed by atoms with E-state index in [1.165, 1.54) is 0 Å². The van der Waals surface area contributed by atoms with E-state index in [4.69, 9.17) is 16.2 Å². The highest BCUT2D eigenvalue weighted by Crippen LogP contribution is 2.01. The molecule has 0 spiro atoms. The number of hydrogen-bond acceptors (Lipinski definition) is 5. The van der Waals surface area contributed by atoms with Crippen LogP contribution in [0, 0.1) is 0 Å². The van der Waals surface area contributed by atoms with Gasteiger partial charge in [0.25, 0.3) is 11.8 Å². The molecule has 1 fully saturated rings. The van der Waals surface area contributed by atoms with Gasteiger partial charge in [-0.05, 0) is 6.42 Å². The molecule has 13 heavy (non-hydrogen) atoms. The predicted molar refractivity (Wildman–Crippen MR) is 44.3 cm³/mol. The van der Waals surface area contributed by atoms with Gasteiger partial charge in [0, 0.05) is 6.54 Å². The van der Waals surface area contributed by atoms with Crippen LogP contribution in [0.2, 0.25) is 0 Å². The lowest BCUT2D eigenvalue weighted by atomic mass is 10.3. The van der Waals surface area contributed by atoms with Crippen LogP contribution in [0.1, 0.15) is 6.42 Å². The molecule has 1 saturated heterocycles. The molecule has 1 aliphatic heterocycles. The van der Waals surface area contributed by atoms with E-state index in [0.717, 1.165) is 4.90 Å². The molecule has 4 N–H and O–H groups in total. The standard InChI is InChI=1S/C7H13N3O3/c8-5(9)1-2-10-6(11)3-13-4-7(10)12/h5H,1-4,8-9H2. The van der Waals surface area contributed by atoms with E-state index in [0.29, 0.717) is 6.42 Å². The van der Waals surface area contributed by atoms with Gasteiger partial charge in [0.1, 0.15) is 13.2 Å². The number of nitrogens with two attached hydrogens (primary N) is 2. The predicted octanol–water partition coefficient (Wildman–Crippen LogP) is -1.99. The van der Waals surface area contributed by atoms with E-state index in [2.05, 4.69) is 0 Å². The largest absolute Gasteiger partial charge is 0.362 e. The molecule has 6 nitrogen and oxygen atoms in total. The highest BCUT2D eigenvalue weighted by molar-refractivity contribution is 5.98. The highest BCUT2D eigenvalue weighted by Gasteiger charge is 2.26. The van der Waals surface area contributed by atoms with Crippen LogP contribution in [0.5, 0.6) is 0 Å². The number of rotatable bonds is 3. The summed E-state index contributed by atoms with van der Waals surface area (Å²) in [6.45, 7) is 0.204. The van der Waals surface area contributed by atoms with Gasteiger partial charge in [0.2, 0.25) is 0 Å². The summed E-state index contributed by atoms with van der Waals surface area (Å²) < 4.78 is 4.73. The molecular weight excluding hydrogens is 174 g/mol. The molecule has 0 atom stereocenters. The zero-order chi connectivity index (χ0) is 9.84. The second-order valence-corrected chi connectivity index (χ2v) is 2.88. The number of ether oxygens (including phenoxy) is 1. The first kappa shape index (κ1) is 10.1. The Labute approximate surface area is 75.8 Å². The maximum absolute atomic E-state index is 11.1. The first-order chi connectivity index (χ1) is 6.11. The molecule has 1 aliphatic rings. The van der Waals surface area contributed by atoms with Crippen LogP contribution in [0.15, 0.2) is 0 Å². The van der Waals surface area contributed by atoms with Crippen LogP contribution in [0.3, 0.4) is 0 Å². The van der Waals surface area contributed by atoms with Crippen LogP contribution < -0.4 is 11.5 Å². The summed E-state index contributed by atoms with van der Waals surface area (Å²) in [5.41, 5.74) is 10.6. The number of amides is 2. The summed E-state index contributed by atoms with van der Waals surface area (Å²) in [6, 6.07) is 0. The van der Waals surface area contributed by atoms with Crippen LogP contribution in [0.4, 0.5) is 0 Å². The Bertz CT molecular complexity index is 201. The molecule has 1 rings (SSSR count). The zero-order valence-electron chi connectivity index (χ0n) is 7.23. The van der Waals surface area contributed by atoms with Crippen LogP contribution >= 0.6 is 0 Å². The van der Waals surface area contributed by atoms with Gasteiger partial charge in [-0.25, -0.2) is 0 Å². The second-order valence-electron chi connectivity index (χ2n) is 2.88. The molecule has 6 heteroatoms. The van der Waals surface area contributed by atoms with Crippen LogP contribution in [-0.2, 0) is 14.3 Å². The average molecular weight is 187 g/mol. The smallest absolute Gasteiger partial charge is 0.255 e. The molecule has 1 heterocycles. The number of carbonyl (C=O) groups is 2. The third-order valence-electron chi connectivity index (χ3n) is 1.74. The normalized spacial score (nSPS) is 18.5. The minimum Gasteiger partial charge on any atom is -0.362 e. The minimum absolute atomic E-state index is 0.0362. The van der Waals surface area contributed by atoms with E-state index in [-0.39, 0.29) is 31.6 Å². The molecule has 0 aromatic rings. The first-order valence-corrected chi connectivity index (χ1v) is 4.03. The SMILES string of the molecule is NC(N)CCN1C(=O)COCC1=O. The highest BCUT2D eigenvalue weighted by atomic mass is 16.5. The lowest BCUT2D eigenvalue weighted by Crippen LogP contribution is -2.48. The monoisotopic (exact) mass is 187 g/mol. The van der Waals surface area contributed by atoms with Crippen LogP contribution in [0.25, 0.3) is 0 Å². The van der Waals surface area contributed by atoms with Crippen molar-refractivity contribution in [3.05, 3.63) is 0 Å². The van der Waals surface area contributed by atoms with Gasteiger partial charge in [-0.2, -0.15) is 0 Å². The van der Waals surface area contributed by atoms with Crippen molar-refractivity contribution in [2.45, 2.75) is 12.6 Å². The first-order valence-electron chi connectivity index (χ1n) is 4.03. The molecule has 0 aromatic heterocycles. The van der Waals surface area contributed by atoms with Gasteiger partial charge >= 0.3 is 0 Å². The minimum atomic E-state index is -0.497. The van der Waals surface area contributed by atoms with Gasteiger partial charge < -0.3 is 16.2 Å². The molecule has 0 saturated carbocycles. The molecule has 0 aromatic carbocycles. The van der Waals surface area contributed by atoms with Crippen molar-refractivity contribution in [1.29, 1.82) is 0 Å². The number of carbonyl (C=O) groups excluding carboxylic acids is 2. The molecule has 0 aliphatic carbocycles. The number of nitrogens with zero attached hydrogens (tertiary/aromatic N) is 1. The summed E-state index contributed by atoms with van der Waals surface area (Å²) in [4.78, 5) is 23.4. The maximum atomic E-state index is 11.1. The summed E-state index contributed by atoms with van der Waals surface area (Å²) in [7, 11) is 0. The van der Waals surface area contributed by atoms with Crippen molar-refractivity contribution in [3.8, 4) is 0 Å². The Kier molecular flexibility index (Phi) is 3.35. The van der Waals surface area contributed by atoms with Gasteiger partial charge in [0.05, 0.1) is 6.17 Å². The summed E-state index contributed by atoms with van der Waals surface area (Å²) in [5.74, 6) is -0.645. The van der Waals surface area contributed by atoms with E-state index in [9.17, 15) is 9.59 Å². The van der Waals surface area contributed by atoms with E-state index < -0.39 is 6.17 Å². The van der Waals surface area contributed by atoms with Crippen molar-refractivity contribution in [1.82, 2.24) is 4.90 Å². The van der Waals surface area contributed by atoms with Gasteiger partial charge in [0.15, 0.2) is 0 Å². The fourth-order valence-electron chi connectivity index (χ4n) is 1.05. The van der Waals surface area contributed by atoms with E-state index in [1.807, 2.05) is 0 Å². The third-order valence-corrected chi connectivity index (χ3v) is 1.74. The average Bonchev–Trinajstić information content (AvgIpc) is 2.03. The summed E-state index contributed by atoms with van der Waals surface area (Å²) in [6.07, 6.45) is -0.0826. The Morgan fingerprint density at radius 2 is 1.85 bits per heavy atom. The summed E-state index contributed by atoms with van der Waals surface area (Å²) in [5, 5.41) is 0. The third kappa shape index (κ3) is 2.76. The Morgan fingerprint density at radius 1 is 1.31 bits per heavy atom.